The molecule has 0 aliphatic rings. The number of hydrogen-bond acceptors (Lipinski definition) is 4. The van der Waals surface area contributed by atoms with Gasteiger partial charge in [0.2, 0.25) is 11.8 Å². The van der Waals surface area contributed by atoms with Crippen LogP contribution in [0.2, 0.25) is 0 Å². The Hall–Kier alpha value is -2.67. The average Bonchev–Trinajstić information content (AvgIpc) is 2.56. The molecule has 0 bridgehead atoms. The molecule has 0 atom stereocenters. The second-order valence-electron chi connectivity index (χ2n) is 6.42. The highest BCUT2D eigenvalue weighted by Crippen LogP contribution is 2.16. The fourth-order valence-electron chi connectivity index (χ4n) is 2.65. The van der Waals surface area contributed by atoms with E-state index >= 15 is 0 Å². The van der Waals surface area contributed by atoms with Crippen LogP contribution in [0.4, 0.5) is 11.4 Å². The zero-order chi connectivity index (χ0) is 20.0. The SMILES string of the molecule is CCN(C(=O)CS(=O)(=O)CC(=O)Nc1ccc(C)cc1)c1cccc(C)c1. The largest absolute Gasteiger partial charge is 0.325 e. The van der Waals surface area contributed by atoms with E-state index in [1.54, 1.807) is 25.1 Å². The molecule has 6 nitrogen and oxygen atoms in total. The van der Waals surface area contributed by atoms with E-state index in [4.69, 9.17) is 0 Å². The summed E-state index contributed by atoms with van der Waals surface area (Å²) >= 11 is 0. The normalized spacial score (nSPS) is 11.1. The lowest BCUT2D eigenvalue weighted by Gasteiger charge is -2.21. The Kier molecular flexibility index (Phi) is 6.74. The summed E-state index contributed by atoms with van der Waals surface area (Å²) in [4.78, 5) is 25.9. The molecule has 2 aromatic rings. The molecule has 2 amide bonds. The first-order chi connectivity index (χ1) is 12.7. The van der Waals surface area contributed by atoms with Gasteiger partial charge >= 0.3 is 0 Å². The Morgan fingerprint density at radius 2 is 1.63 bits per heavy atom. The van der Waals surface area contributed by atoms with Crippen LogP contribution in [-0.2, 0) is 19.4 Å². The third-order valence-electron chi connectivity index (χ3n) is 3.96. The first-order valence-corrected chi connectivity index (χ1v) is 10.5. The fraction of sp³-hybridized carbons (Fsp3) is 0.300. The number of nitrogens with one attached hydrogen (secondary N) is 1. The first-order valence-electron chi connectivity index (χ1n) is 8.64. The Morgan fingerprint density at radius 3 is 2.22 bits per heavy atom. The van der Waals surface area contributed by atoms with Gasteiger partial charge in [0.15, 0.2) is 9.84 Å². The van der Waals surface area contributed by atoms with E-state index in [0.717, 1.165) is 11.1 Å². The Labute approximate surface area is 160 Å². The summed E-state index contributed by atoms with van der Waals surface area (Å²) in [5.41, 5.74) is 3.16. The molecule has 27 heavy (non-hydrogen) atoms. The maximum Gasteiger partial charge on any atom is 0.242 e. The number of rotatable bonds is 7. The molecule has 144 valence electrons. The van der Waals surface area contributed by atoms with Crippen LogP contribution in [0.5, 0.6) is 0 Å². The van der Waals surface area contributed by atoms with Gasteiger partial charge < -0.3 is 10.2 Å². The second kappa shape index (κ2) is 8.81. The third-order valence-corrected chi connectivity index (χ3v) is 5.35. The van der Waals surface area contributed by atoms with Crippen LogP contribution in [0.3, 0.4) is 0 Å². The number of anilines is 2. The van der Waals surface area contributed by atoms with Gasteiger partial charge in [-0.1, -0.05) is 29.8 Å². The van der Waals surface area contributed by atoms with Gasteiger partial charge in [-0.3, -0.25) is 9.59 Å². The van der Waals surface area contributed by atoms with Crippen molar-refractivity contribution in [2.45, 2.75) is 20.8 Å². The predicted octanol–water partition coefficient (Wildman–Crippen LogP) is 2.71. The summed E-state index contributed by atoms with van der Waals surface area (Å²) in [5, 5.41) is 2.54. The van der Waals surface area contributed by atoms with Crippen LogP contribution in [0, 0.1) is 13.8 Å². The van der Waals surface area contributed by atoms with E-state index in [9.17, 15) is 18.0 Å². The summed E-state index contributed by atoms with van der Waals surface area (Å²) in [6.07, 6.45) is 0. The van der Waals surface area contributed by atoms with Gasteiger partial charge in [-0.25, -0.2) is 8.42 Å². The smallest absolute Gasteiger partial charge is 0.242 e. The molecule has 0 aliphatic carbocycles. The maximum absolute atomic E-state index is 12.5. The van der Waals surface area contributed by atoms with Gasteiger partial charge in [-0.15, -0.1) is 0 Å². The summed E-state index contributed by atoms with van der Waals surface area (Å²) in [6, 6.07) is 14.3. The maximum atomic E-state index is 12.5. The third kappa shape index (κ3) is 6.21. The zero-order valence-electron chi connectivity index (χ0n) is 15.7. The van der Waals surface area contributed by atoms with Crippen LogP contribution >= 0.6 is 0 Å². The van der Waals surface area contributed by atoms with Crippen molar-refractivity contribution in [3.63, 3.8) is 0 Å². The summed E-state index contributed by atoms with van der Waals surface area (Å²) < 4.78 is 24.6. The number of amides is 2. The van der Waals surface area contributed by atoms with Crippen LogP contribution < -0.4 is 10.2 Å². The van der Waals surface area contributed by atoms with E-state index in [-0.39, 0.29) is 0 Å². The molecule has 2 rings (SSSR count). The number of carbonyl (C=O) groups is 2. The molecule has 0 saturated heterocycles. The number of aryl methyl sites for hydroxylation is 2. The molecule has 0 aliphatic heterocycles. The van der Waals surface area contributed by atoms with Gasteiger partial charge in [0, 0.05) is 17.9 Å². The molecule has 1 N–H and O–H groups in total. The van der Waals surface area contributed by atoms with E-state index in [1.165, 1.54) is 4.90 Å². The number of nitrogens with zero attached hydrogens (tertiary/aromatic N) is 1. The number of sulfone groups is 1. The minimum atomic E-state index is -3.88. The first kappa shape index (κ1) is 20.6. The van der Waals surface area contributed by atoms with Crippen LogP contribution in [0.25, 0.3) is 0 Å². The molecule has 0 fully saturated rings. The summed E-state index contributed by atoms with van der Waals surface area (Å²) in [6.45, 7) is 5.92. The zero-order valence-corrected chi connectivity index (χ0v) is 16.5. The number of carbonyl (C=O) groups excluding carboxylic acids is 2. The summed E-state index contributed by atoms with van der Waals surface area (Å²) in [5.74, 6) is -2.66. The van der Waals surface area contributed by atoms with Crippen LogP contribution in [-0.4, -0.2) is 38.3 Å². The molecule has 0 radical (unpaired) electrons. The molecule has 0 saturated carbocycles. The topological polar surface area (TPSA) is 83.6 Å². The number of hydrogen-bond donors (Lipinski definition) is 1. The highest BCUT2D eigenvalue weighted by atomic mass is 32.2. The Morgan fingerprint density at radius 1 is 0.963 bits per heavy atom. The molecule has 7 heteroatoms. The number of benzene rings is 2. The van der Waals surface area contributed by atoms with E-state index in [0.29, 0.717) is 17.9 Å². The predicted molar refractivity (Wildman–Crippen MR) is 108 cm³/mol. The Bertz CT molecular complexity index is 921. The van der Waals surface area contributed by atoms with Crippen molar-refractivity contribution >= 4 is 33.0 Å². The highest BCUT2D eigenvalue weighted by molar-refractivity contribution is 7.92. The highest BCUT2D eigenvalue weighted by Gasteiger charge is 2.24. The second-order valence-corrected chi connectivity index (χ2v) is 8.49. The lowest BCUT2D eigenvalue weighted by atomic mass is 10.2. The molecular formula is C20H24N2O4S. The van der Waals surface area contributed by atoms with Gasteiger partial charge in [-0.05, 0) is 50.6 Å². The minimum absolute atomic E-state index is 0.341. The van der Waals surface area contributed by atoms with Gasteiger partial charge in [0.1, 0.15) is 11.5 Å². The van der Waals surface area contributed by atoms with Gasteiger partial charge in [0.05, 0.1) is 0 Å². The van der Waals surface area contributed by atoms with Crippen molar-refractivity contribution in [1.29, 1.82) is 0 Å². The molecule has 0 heterocycles. The van der Waals surface area contributed by atoms with E-state index in [2.05, 4.69) is 5.32 Å². The molecule has 0 aromatic heterocycles. The van der Waals surface area contributed by atoms with Crippen LogP contribution in [0.15, 0.2) is 48.5 Å². The average molecular weight is 388 g/mol. The Balaban J connectivity index is 2.02. The molecule has 0 unspecified atom stereocenters. The van der Waals surface area contributed by atoms with Crippen molar-refractivity contribution in [3.8, 4) is 0 Å². The van der Waals surface area contributed by atoms with Crippen molar-refractivity contribution in [2.75, 3.05) is 28.3 Å². The van der Waals surface area contributed by atoms with Crippen molar-refractivity contribution in [3.05, 3.63) is 59.7 Å². The van der Waals surface area contributed by atoms with Crippen molar-refractivity contribution < 1.29 is 18.0 Å². The van der Waals surface area contributed by atoms with Crippen molar-refractivity contribution in [2.24, 2.45) is 0 Å². The summed E-state index contributed by atoms with van der Waals surface area (Å²) in [7, 11) is -3.88. The lowest BCUT2D eigenvalue weighted by Crippen LogP contribution is -2.37. The molecule has 2 aromatic carbocycles. The molecular weight excluding hydrogens is 364 g/mol. The fourth-order valence-corrected chi connectivity index (χ4v) is 3.76. The van der Waals surface area contributed by atoms with E-state index in [1.807, 2.05) is 44.2 Å². The monoisotopic (exact) mass is 388 g/mol. The standard InChI is InChI=1S/C20H24N2O4S/c1-4-22(18-7-5-6-16(3)12-18)20(24)14-27(25,26)13-19(23)21-17-10-8-15(2)9-11-17/h5-12H,4,13-14H2,1-3H3,(H,21,23). The molecule has 0 spiro atoms. The van der Waals surface area contributed by atoms with Gasteiger partial charge in [0.25, 0.3) is 0 Å². The quantitative estimate of drug-likeness (QED) is 0.790. The van der Waals surface area contributed by atoms with Crippen molar-refractivity contribution in [1.82, 2.24) is 0 Å². The lowest BCUT2D eigenvalue weighted by molar-refractivity contribution is -0.116. The van der Waals surface area contributed by atoms with Gasteiger partial charge in [-0.2, -0.15) is 0 Å². The minimum Gasteiger partial charge on any atom is -0.325 e. The van der Waals surface area contributed by atoms with E-state index < -0.39 is 33.2 Å². The van der Waals surface area contributed by atoms with Crippen LogP contribution in [0.1, 0.15) is 18.1 Å².